The second-order valence-electron chi connectivity index (χ2n) is 7.61. The number of likely N-dealkylation sites (tertiary alicyclic amines) is 1. The number of ether oxygens (including phenoxy) is 1. The standard InChI is InChI=1S/C21H36N2O4/c1-17(18(2)24)12-10-8-6-5-7-9-11-15-27-20(26)23-14-13-21(16-23,22-4)19(3)25/h9,11,17,22H,5-8,10,12-16H2,1-4H3/b11-9+/t17?,21-/m0/s1. The fraction of sp³-hybridized carbons (Fsp3) is 0.762. The number of allylic oxidation sites excluding steroid dienone is 1. The summed E-state index contributed by atoms with van der Waals surface area (Å²) in [5, 5.41) is 3.05. The van der Waals surface area contributed by atoms with Crippen LogP contribution in [-0.4, -0.2) is 54.8 Å². The average Bonchev–Trinajstić information content (AvgIpc) is 3.09. The zero-order valence-corrected chi connectivity index (χ0v) is 17.4. The summed E-state index contributed by atoms with van der Waals surface area (Å²) in [5.41, 5.74) is -0.628. The van der Waals surface area contributed by atoms with Gasteiger partial charge in [-0.05, 0) is 46.6 Å². The summed E-state index contributed by atoms with van der Waals surface area (Å²) in [4.78, 5) is 36.6. The second kappa shape index (κ2) is 11.9. The summed E-state index contributed by atoms with van der Waals surface area (Å²) in [6.45, 7) is 6.37. The molecule has 6 heteroatoms. The number of unbranched alkanes of at least 4 members (excludes halogenated alkanes) is 4. The molecule has 1 heterocycles. The van der Waals surface area contributed by atoms with Gasteiger partial charge in [-0.25, -0.2) is 4.79 Å². The molecule has 0 radical (unpaired) electrons. The van der Waals surface area contributed by atoms with Crippen LogP contribution < -0.4 is 5.32 Å². The number of carbonyl (C=O) groups excluding carboxylic acids is 3. The third kappa shape index (κ3) is 7.83. The molecule has 154 valence electrons. The normalized spacial score (nSPS) is 20.8. The van der Waals surface area contributed by atoms with Crippen molar-refractivity contribution in [2.24, 2.45) is 5.92 Å². The summed E-state index contributed by atoms with van der Waals surface area (Å²) < 4.78 is 5.27. The van der Waals surface area contributed by atoms with Crippen molar-refractivity contribution >= 4 is 17.7 Å². The summed E-state index contributed by atoms with van der Waals surface area (Å²) >= 11 is 0. The SMILES string of the molecule is CN[C@@]1(C(C)=O)CCN(C(=O)OC/C=C/CCCCCCC(C)C(C)=O)C1. The van der Waals surface area contributed by atoms with E-state index in [2.05, 4.69) is 5.32 Å². The molecule has 0 bridgehead atoms. The molecule has 0 aromatic rings. The van der Waals surface area contributed by atoms with Crippen LogP contribution in [0.3, 0.4) is 0 Å². The van der Waals surface area contributed by atoms with Crippen molar-refractivity contribution in [3.63, 3.8) is 0 Å². The molecule has 1 fully saturated rings. The largest absolute Gasteiger partial charge is 0.445 e. The Balaban J connectivity index is 2.10. The van der Waals surface area contributed by atoms with Gasteiger partial charge in [-0.1, -0.05) is 38.3 Å². The lowest BCUT2D eigenvalue weighted by molar-refractivity contribution is -0.122. The van der Waals surface area contributed by atoms with Crippen LogP contribution in [0.25, 0.3) is 0 Å². The topological polar surface area (TPSA) is 75.7 Å². The van der Waals surface area contributed by atoms with E-state index in [9.17, 15) is 14.4 Å². The first-order valence-electron chi connectivity index (χ1n) is 10.1. The monoisotopic (exact) mass is 380 g/mol. The Hall–Kier alpha value is -1.69. The van der Waals surface area contributed by atoms with Gasteiger partial charge in [0.25, 0.3) is 0 Å². The maximum Gasteiger partial charge on any atom is 0.410 e. The molecule has 1 saturated heterocycles. The van der Waals surface area contributed by atoms with E-state index < -0.39 is 5.54 Å². The number of hydrogen-bond donors (Lipinski definition) is 1. The van der Waals surface area contributed by atoms with E-state index in [1.807, 2.05) is 19.1 Å². The molecule has 0 aliphatic carbocycles. The number of rotatable bonds is 12. The zero-order valence-electron chi connectivity index (χ0n) is 17.4. The predicted octanol–water partition coefficient (Wildman–Crippen LogP) is 3.50. The van der Waals surface area contributed by atoms with Crippen LogP contribution in [0.15, 0.2) is 12.2 Å². The highest BCUT2D eigenvalue weighted by Gasteiger charge is 2.42. The van der Waals surface area contributed by atoms with Gasteiger partial charge in [0, 0.05) is 19.0 Å². The van der Waals surface area contributed by atoms with Crippen molar-refractivity contribution in [2.45, 2.75) is 71.3 Å². The Kier molecular flexibility index (Phi) is 10.3. The number of hydrogen-bond acceptors (Lipinski definition) is 5. The molecule has 0 aromatic carbocycles. The van der Waals surface area contributed by atoms with Crippen molar-refractivity contribution in [3.8, 4) is 0 Å². The van der Waals surface area contributed by atoms with E-state index in [0.717, 1.165) is 38.5 Å². The third-order valence-corrected chi connectivity index (χ3v) is 5.60. The molecular formula is C21H36N2O4. The second-order valence-corrected chi connectivity index (χ2v) is 7.61. The summed E-state index contributed by atoms with van der Waals surface area (Å²) in [6.07, 6.45) is 10.6. The van der Waals surface area contributed by atoms with Gasteiger partial charge >= 0.3 is 6.09 Å². The number of carbonyl (C=O) groups is 3. The summed E-state index contributed by atoms with van der Waals surface area (Å²) in [6, 6.07) is 0. The van der Waals surface area contributed by atoms with Crippen LogP contribution >= 0.6 is 0 Å². The first-order valence-corrected chi connectivity index (χ1v) is 10.1. The molecule has 0 saturated carbocycles. The lowest BCUT2D eigenvalue weighted by Gasteiger charge is -2.25. The minimum Gasteiger partial charge on any atom is -0.445 e. The highest BCUT2D eigenvalue weighted by molar-refractivity contribution is 5.87. The number of ketones is 2. The number of Topliss-reactive ketones (excluding diaryl/α,β-unsaturated/α-hetero) is 2. The molecule has 1 aliphatic heterocycles. The van der Waals surface area contributed by atoms with E-state index in [1.54, 1.807) is 25.8 Å². The third-order valence-electron chi connectivity index (χ3n) is 5.60. The van der Waals surface area contributed by atoms with Crippen LogP contribution in [0.4, 0.5) is 4.79 Å². The molecule has 2 atom stereocenters. The number of nitrogens with zero attached hydrogens (tertiary/aromatic N) is 1. The van der Waals surface area contributed by atoms with E-state index in [0.29, 0.717) is 19.5 Å². The number of amides is 1. The van der Waals surface area contributed by atoms with Crippen LogP contribution in [0.5, 0.6) is 0 Å². The first-order chi connectivity index (χ1) is 12.8. The maximum absolute atomic E-state index is 12.1. The highest BCUT2D eigenvalue weighted by atomic mass is 16.6. The van der Waals surface area contributed by atoms with Crippen molar-refractivity contribution in [1.82, 2.24) is 10.2 Å². The number of likely N-dealkylation sites (N-methyl/N-ethyl adjacent to an activating group) is 1. The molecule has 1 rings (SSSR count). The fourth-order valence-electron chi connectivity index (χ4n) is 3.30. The zero-order chi connectivity index (χ0) is 20.3. The van der Waals surface area contributed by atoms with Crippen molar-refractivity contribution in [3.05, 3.63) is 12.2 Å². The lowest BCUT2D eigenvalue weighted by atomic mass is 9.94. The van der Waals surface area contributed by atoms with Crippen LogP contribution in [-0.2, 0) is 14.3 Å². The minimum absolute atomic E-state index is 0.0518. The van der Waals surface area contributed by atoms with Gasteiger partial charge in [0.05, 0.1) is 5.54 Å². The van der Waals surface area contributed by atoms with Gasteiger partial charge in [0.2, 0.25) is 0 Å². The van der Waals surface area contributed by atoms with Gasteiger partial charge in [0.1, 0.15) is 12.4 Å². The Bertz CT molecular complexity index is 532. The van der Waals surface area contributed by atoms with E-state index in [1.165, 1.54) is 0 Å². The fourth-order valence-corrected chi connectivity index (χ4v) is 3.30. The lowest BCUT2D eigenvalue weighted by Crippen LogP contribution is -2.51. The smallest absolute Gasteiger partial charge is 0.410 e. The Morgan fingerprint density at radius 3 is 2.44 bits per heavy atom. The van der Waals surface area contributed by atoms with Crippen molar-refractivity contribution in [1.29, 1.82) is 0 Å². The first kappa shape index (κ1) is 23.3. The van der Waals surface area contributed by atoms with Gasteiger partial charge in [-0.3, -0.25) is 9.59 Å². The molecule has 27 heavy (non-hydrogen) atoms. The maximum atomic E-state index is 12.1. The summed E-state index contributed by atoms with van der Waals surface area (Å²) in [7, 11) is 1.75. The van der Waals surface area contributed by atoms with E-state index in [4.69, 9.17) is 4.74 Å². The van der Waals surface area contributed by atoms with Gasteiger partial charge in [-0.2, -0.15) is 0 Å². The Morgan fingerprint density at radius 2 is 1.85 bits per heavy atom. The predicted molar refractivity (Wildman–Crippen MR) is 107 cm³/mol. The Morgan fingerprint density at radius 1 is 1.15 bits per heavy atom. The molecule has 1 unspecified atom stereocenters. The van der Waals surface area contributed by atoms with Crippen LogP contribution in [0, 0.1) is 5.92 Å². The van der Waals surface area contributed by atoms with Crippen molar-refractivity contribution < 1.29 is 19.1 Å². The molecule has 6 nitrogen and oxygen atoms in total. The van der Waals surface area contributed by atoms with Crippen LogP contribution in [0.1, 0.15) is 65.7 Å². The van der Waals surface area contributed by atoms with Gasteiger partial charge in [-0.15, -0.1) is 0 Å². The molecule has 1 aliphatic rings. The van der Waals surface area contributed by atoms with Crippen molar-refractivity contribution in [2.75, 3.05) is 26.7 Å². The number of nitrogens with one attached hydrogen (secondary N) is 1. The Labute approximate surface area is 163 Å². The molecular weight excluding hydrogens is 344 g/mol. The molecule has 0 spiro atoms. The molecule has 0 aromatic heterocycles. The highest BCUT2D eigenvalue weighted by Crippen LogP contribution is 2.22. The minimum atomic E-state index is -0.628. The summed E-state index contributed by atoms with van der Waals surface area (Å²) in [5.74, 6) is 0.513. The average molecular weight is 381 g/mol. The van der Waals surface area contributed by atoms with Crippen LogP contribution in [0.2, 0.25) is 0 Å². The quantitative estimate of drug-likeness (QED) is 0.414. The van der Waals surface area contributed by atoms with E-state index in [-0.39, 0.29) is 30.2 Å². The molecule has 1 N–H and O–H groups in total. The van der Waals surface area contributed by atoms with Gasteiger partial charge < -0.3 is 15.0 Å². The van der Waals surface area contributed by atoms with Gasteiger partial charge in [0.15, 0.2) is 5.78 Å². The molecule has 1 amide bonds. The van der Waals surface area contributed by atoms with E-state index >= 15 is 0 Å².